The summed E-state index contributed by atoms with van der Waals surface area (Å²) in [4.78, 5) is 2.66. The lowest BCUT2D eigenvalue weighted by atomic mass is 9.88. The summed E-state index contributed by atoms with van der Waals surface area (Å²) >= 11 is 1.81. The maximum Gasteiger partial charge on any atom is 0.0394 e. The maximum atomic E-state index is 6.10. The fraction of sp³-hybridized carbons (Fsp3) is 0.636. The summed E-state index contributed by atoms with van der Waals surface area (Å²) in [6.07, 6.45) is 1.05. The third kappa shape index (κ3) is 3.49. The molecular weight excluding hydrogens is 178 g/mol. The van der Waals surface area contributed by atoms with Crippen LogP contribution in [0.15, 0.2) is 12.1 Å². The highest BCUT2D eigenvalue weighted by atomic mass is 32.1. The zero-order valence-electron chi connectivity index (χ0n) is 8.92. The Morgan fingerprint density at radius 3 is 2.38 bits per heavy atom. The van der Waals surface area contributed by atoms with Gasteiger partial charge in [0.1, 0.15) is 0 Å². The van der Waals surface area contributed by atoms with Crippen LogP contribution in [0.4, 0.5) is 0 Å². The smallest absolute Gasteiger partial charge is 0.0394 e. The molecule has 0 radical (unpaired) electrons. The van der Waals surface area contributed by atoms with Crippen molar-refractivity contribution in [1.29, 1.82) is 0 Å². The third-order valence-corrected chi connectivity index (χ3v) is 3.09. The van der Waals surface area contributed by atoms with Crippen molar-refractivity contribution in [2.75, 3.05) is 0 Å². The van der Waals surface area contributed by atoms with Crippen LogP contribution in [0.25, 0.3) is 0 Å². The van der Waals surface area contributed by atoms with Crippen molar-refractivity contribution in [3.63, 3.8) is 0 Å². The zero-order chi connectivity index (χ0) is 10.1. The van der Waals surface area contributed by atoms with E-state index in [1.165, 1.54) is 9.75 Å². The number of hydrogen-bond donors (Lipinski definition) is 1. The van der Waals surface area contributed by atoms with E-state index in [9.17, 15) is 0 Å². The van der Waals surface area contributed by atoms with Crippen LogP contribution < -0.4 is 5.73 Å². The van der Waals surface area contributed by atoms with E-state index < -0.39 is 0 Å². The summed E-state index contributed by atoms with van der Waals surface area (Å²) in [5.41, 5.74) is 6.42. The normalized spacial score (nSPS) is 14.5. The lowest BCUT2D eigenvalue weighted by Crippen LogP contribution is -2.17. The largest absolute Gasteiger partial charge is 0.323 e. The van der Waals surface area contributed by atoms with E-state index in [1.807, 2.05) is 11.3 Å². The standard InChI is InChI=1S/C11H19NS/c1-8-5-6-10(13-8)9(12)7-11(2,3)4/h5-6,9H,7,12H2,1-4H3/t9-/m0/s1. The first kappa shape index (κ1) is 10.7. The van der Waals surface area contributed by atoms with Gasteiger partial charge in [-0.05, 0) is 30.9 Å². The molecule has 0 aliphatic heterocycles. The van der Waals surface area contributed by atoms with E-state index in [1.54, 1.807) is 0 Å². The van der Waals surface area contributed by atoms with Gasteiger partial charge in [-0.2, -0.15) is 0 Å². The molecule has 0 fully saturated rings. The molecule has 1 heterocycles. The van der Waals surface area contributed by atoms with Crippen molar-refractivity contribution in [2.24, 2.45) is 11.1 Å². The van der Waals surface area contributed by atoms with Gasteiger partial charge >= 0.3 is 0 Å². The first-order valence-corrected chi connectivity index (χ1v) is 5.52. The Hall–Kier alpha value is -0.340. The molecule has 0 amide bonds. The number of nitrogens with two attached hydrogens (primary N) is 1. The quantitative estimate of drug-likeness (QED) is 0.771. The SMILES string of the molecule is Cc1ccc([C@@H](N)CC(C)(C)C)s1. The Labute approximate surface area is 85.0 Å². The van der Waals surface area contributed by atoms with Crippen LogP contribution in [0.5, 0.6) is 0 Å². The molecule has 1 aromatic heterocycles. The molecule has 74 valence electrons. The Morgan fingerprint density at radius 1 is 1.38 bits per heavy atom. The molecule has 2 N–H and O–H groups in total. The lowest BCUT2D eigenvalue weighted by molar-refractivity contribution is 0.345. The second-order valence-electron chi connectivity index (χ2n) is 4.82. The second kappa shape index (κ2) is 3.81. The molecule has 13 heavy (non-hydrogen) atoms. The molecule has 0 aliphatic rings. The predicted molar refractivity (Wildman–Crippen MR) is 60.1 cm³/mol. The molecule has 0 aliphatic carbocycles. The van der Waals surface area contributed by atoms with Gasteiger partial charge < -0.3 is 5.73 Å². The van der Waals surface area contributed by atoms with Crippen LogP contribution in [0.3, 0.4) is 0 Å². The van der Waals surface area contributed by atoms with Crippen LogP contribution in [0.1, 0.15) is 43.0 Å². The van der Waals surface area contributed by atoms with Crippen molar-refractivity contribution in [3.8, 4) is 0 Å². The number of rotatable bonds is 2. The molecule has 0 unspecified atom stereocenters. The molecular formula is C11H19NS. The van der Waals surface area contributed by atoms with Gasteiger partial charge in [0.25, 0.3) is 0 Å². The Kier molecular flexibility index (Phi) is 3.14. The van der Waals surface area contributed by atoms with E-state index in [-0.39, 0.29) is 6.04 Å². The fourth-order valence-electron chi connectivity index (χ4n) is 1.41. The molecule has 0 bridgehead atoms. The minimum absolute atomic E-state index is 0.207. The number of thiophene rings is 1. The molecule has 0 aromatic carbocycles. The molecule has 1 atom stereocenters. The molecule has 2 heteroatoms. The van der Waals surface area contributed by atoms with Crippen LogP contribution >= 0.6 is 11.3 Å². The van der Waals surface area contributed by atoms with Crippen LogP contribution in [0, 0.1) is 12.3 Å². The molecule has 1 aromatic rings. The van der Waals surface area contributed by atoms with Gasteiger partial charge in [-0.3, -0.25) is 0 Å². The number of hydrogen-bond acceptors (Lipinski definition) is 2. The van der Waals surface area contributed by atoms with Crippen molar-refractivity contribution in [2.45, 2.75) is 40.2 Å². The van der Waals surface area contributed by atoms with Gasteiger partial charge in [-0.1, -0.05) is 20.8 Å². The zero-order valence-corrected chi connectivity index (χ0v) is 9.74. The van der Waals surface area contributed by atoms with Crippen molar-refractivity contribution < 1.29 is 0 Å². The highest BCUT2D eigenvalue weighted by Gasteiger charge is 2.17. The van der Waals surface area contributed by atoms with Gasteiger partial charge in [0.05, 0.1) is 0 Å². The summed E-state index contributed by atoms with van der Waals surface area (Å²) in [5, 5.41) is 0. The molecule has 1 nitrogen and oxygen atoms in total. The van der Waals surface area contributed by atoms with E-state index in [0.29, 0.717) is 5.41 Å². The summed E-state index contributed by atoms with van der Waals surface area (Å²) < 4.78 is 0. The third-order valence-electron chi connectivity index (χ3n) is 1.96. The van der Waals surface area contributed by atoms with Crippen molar-refractivity contribution >= 4 is 11.3 Å². The summed E-state index contributed by atoms with van der Waals surface area (Å²) in [6.45, 7) is 8.81. The minimum atomic E-state index is 0.207. The van der Waals surface area contributed by atoms with E-state index in [0.717, 1.165) is 6.42 Å². The van der Waals surface area contributed by atoms with Crippen LogP contribution in [-0.4, -0.2) is 0 Å². The second-order valence-corrected chi connectivity index (χ2v) is 6.14. The number of aryl methyl sites for hydroxylation is 1. The molecule has 1 rings (SSSR count). The Bertz CT molecular complexity index is 270. The van der Waals surface area contributed by atoms with Crippen molar-refractivity contribution in [3.05, 3.63) is 21.9 Å². The Morgan fingerprint density at radius 2 is 2.00 bits per heavy atom. The van der Waals surface area contributed by atoms with E-state index in [4.69, 9.17) is 5.73 Å². The van der Waals surface area contributed by atoms with Gasteiger partial charge in [0, 0.05) is 15.8 Å². The molecule has 0 saturated heterocycles. The van der Waals surface area contributed by atoms with E-state index in [2.05, 4.69) is 39.8 Å². The van der Waals surface area contributed by atoms with Gasteiger partial charge in [0.15, 0.2) is 0 Å². The maximum absolute atomic E-state index is 6.10. The first-order valence-electron chi connectivity index (χ1n) is 4.70. The fourth-order valence-corrected chi connectivity index (χ4v) is 2.29. The highest BCUT2D eigenvalue weighted by molar-refractivity contribution is 7.12. The molecule has 0 spiro atoms. The predicted octanol–water partition coefficient (Wildman–Crippen LogP) is 3.49. The van der Waals surface area contributed by atoms with Crippen LogP contribution in [0.2, 0.25) is 0 Å². The average molecular weight is 197 g/mol. The lowest BCUT2D eigenvalue weighted by Gasteiger charge is -2.22. The first-order chi connectivity index (χ1) is 5.88. The van der Waals surface area contributed by atoms with E-state index >= 15 is 0 Å². The van der Waals surface area contributed by atoms with Crippen LogP contribution in [-0.2, 0) is 0 Å². The Balaban J connectivity index is 2.64. The average Bonchev–Trinajstić information content (AvgIpc) is 2.31. The molecule has 0 saturated carbocycles. The topological polar surface area (TPSA) is 26.0 Å². The summed E-state index contributed by atoms with van der Waals surface area (Å²) in [5.74, 6) is 0. The van der Waals surface area contributed by atoms with Crippen molar-refractivity contribution in [1.82, 2.24) is 0 Å². The van der Waals surface area contributed by atoms with Gasteiger partial charge in [0.2, 0.25) is 0 Å². The summed E-state index contributed by atoms with van der Waals surface area (Å²) in [7, 11) is 0. The minimum Gasteiger partial charge on any atom is -0.323 e. The van der Waals surface area contributed by atoms with Gasteiger partial charge in [-0.15, -0.1) is 11.3 Å². The summed E-state index contributed by atoms with van der Waals surface area (Å²) in [6, 6.07) is 4.50. The highest BCUT2D eigenvalue weighted by Crippen LogP contribution is 2.30. The van der Waals surface area contributed by atoms with Gasteiger partial charge in [-0.25, -0.2) is 0 Å². The monoisotopic (exact) mass is 197 g/mol.